The third kappa shape index (κ3) is 2.23. The van der Waals surface area contributed by atoms with Crippen molar-refractivity contribution in [2.24, 2.45) is 0 Å². The highest BCUT2D eigenvalue weighted by Gasteiger charge is 2.31. The average Bonchev–Trinajstić information content (AvgIpc) is 2.15. The zero-order valence-corrected chi connectivity index (χ0v) is 9.51. The summed E-state index contributed by atoms with van der Waals surface area (Å²) in [4.78, 5) is 23.5. The molecule has 0 aromatic carbocycles. The smallest absolute Gasteiger partial charge is 0.344 e. The molecular weight excluding hydrogens is 341 g/mol. The van der Waals surface area contributed by atoms with Gasteiger partial charge in [-0.05, 0) is 22.6 Å². The van der Waals surface area contributed by atoms with E-state index in [9.17, 15) is 23.7 Å². The first kappa shape index (κ1) is 12.7. The van der Waals surface area contributed by atoms with Crippen molar-refractivity contribution in [2.45, 2.75) is 6.43 Å². The maximum atomic E-state index is 12.4. The van der Waals surface area contributed by atoms with Crippen molar-refractivity contribution in [3.8, 4) is 0 Å². The van der Waals surface area contributed by atoms with Crippen LogP contribution in [0.15, 0.2) is 6.20 Å². The van der Waals surface area contributed by atoms with Gasteiger partial charge >= 0.3 is 11.7 Å². The second-order valence-electron chi connectivity index (χ2n) is 2.58. The minimum absolute atomic E-state index is 0.107. The molecule has 6 nitrogen and oxygen atoms in total. The summed E-state index contributed by atoms with van der Waals surface area (Å²) >= 11 is 1.46. The number of carboxylic acids is 1. The molecule has 0 aliphatic rings. The molecule has 0 fully saturated rings. The molecule has 0 radical (unpaired) electrons. The number of rotatable bonds is 3. The summed E-state index contributed by atoms with van der Waals surface area (Å²) < 4.78 is 24.7. The van der Waals surface area contributed by atoms with Crippen molar-refractivity contribution in [1.29, 1.82) is 0 Å². The van der Waals surface area contributed by atoms with E-state index >= 15 is 0 Å². The van der Waals surface area contributed by atoms with Crippen LogP contribution in [0.1, 0.15) is 22.5 Å². The number of carboxylic acid groups (broad SMARTS) is 1. The van der Waals surface area contributed by atoms with Crippen LogP contribution in [0.25, 0.3) is 0 Å². The lowest BCUT2D eigenvalue weighted by molar-refractivity contribution is -0.386. The van der Waals surface area contributed by atoms with Gasteiger partial charge in [-0.15, -0.1) is 0 Å². The second-order valence-corrected chi connectivity index (χ2v) is 3.74. The molecule has 0 spiro atoms. The van der Waals surface area contributed by atoms with Crippen LogP contribution in [0, 0.1) is 13.7 Å². The van der Waals surface area contributed by atoms with Gasteiger partial charge in [-0.3, -0.25) is 15.1 Å². The van der Waals surface area contributed by atoms with E-state index in [0.717, 1.165) is 6.20 Å². The molecule has 86 valence electrons. The van der Waals surface area contributed by atoms with E-state index in [4.69, 9.17) is 5.11 Å². The Morgan fingerprint density at radius 3 is 2.56 bits per heavy atom. The minimum atomic E-state index is -3.18. The predicted octanol–water partition coefficient (Wildman–Crippen LogP) is 2.23. The van der Waals surface area contributed by atoms with E-state index in [2.05, 4.69) is 4.98 Å². The second kappa shape index (κ2) is 4.63. The minimum Gasteiger partial charge on any atom is -0.477 e. The molecule has 9 heteroatoms. The first-order valence-corrected chi connectivity index (χ1v) is 4.78. The number of halogens is 3. The van der Waals surface area contributed by atoms with Gasteiger partial charge in [-0.2, -0.15) is 0 Å². The Balaban J connectivity index is 3.63. The summed E-state index contributed by atoms with van der Waals surface area (Å²) in [7, 11) is 0. The standard InChI is InChI=1S/C7H3F2IN2O4/c8-6(9)4-3(7(13)14)5(12(15)16)2(10)1-11-4/h1,6H,(H,13,14). The molecular formula is C7H3F2IN2O4. The number of nitro groups is 1. The lowest BCUT2D eigenvalue weighted by Crippen LogP contribution is -2.11. The predicted molar refractivity (Wildman–Crippen MR) is 55.5 cm³/mol. The van der Waals surface area contributed by atoms with E-state index < -0.39 is 34.3 Å². The lowest BCUT2D eigenvalue weighted by atomic mass is 10.1. The molecule has 0 saturated carbocycles. The Kier molecular flexibility index (Phi) is 3.67. The summed E-state index contributed by atoms with van der Waals surface area (Å²) in [5, 5.41) is 19.3. The van der Waals surface area contributed by atoms with Gasteiger partial charge in [0.25, 0.3) is 6.43 Å². The number of carbonyl (C=O) groups is 1. The highest BCUT2D eigenvalue weighted by molar-refractivity contribution is 14.1. The number of alkyl halides is 2. The maximum Gasteiger partial charge on any atom is 0.344 e. The molecule has 0 aliphatic heterocycles. The molecule has 1 aromatic heterocycles. The van der Waals surface area contributed by atoms with E-state index in [0.29, 0.717) is 0 Å². The van der Waals surface area contributed by atoms with Gasteiger partial charge < -0.3 is 5.11 Å². The third-order valence-electron chi connectivity index (χ3n) is 1.64. The molecule has 16 heavy (non-hydrogen) atoms. The van der Waals surface area contributed by atoms with E-state index in [1.807, 2.05) is 0 Å². The van der Waals surface area contributed by atoms with Crippen LogP contribution in [-0.4, -0.2) is 21.0 Å². The summed E-state index contributed by atoms with van der Waals surface area (Å²) in [5.41, 5.74) is -3.02. The van der Waals surface area contributed by atoms with Crippen molar-refractivity contribution < 1.29 is 23.6 Å². The SMILES string of the molecule is O=C(O)c1c(C(F)F)ncc(I)c1[N+](=O)[O-]. The first-order valence-electron chi connectivity index (χ1n) is 3.70. The Morgan fingerprint density at radius 1 is 1.62 bits per heavy atom. The van der Waals surface area contributed by atoms with Gasteiger partial charge in [0.2, 0.25) is 0 Å². The fourth-order valence-electron chi connectivity index (χ4n) is 1.05. The molecule has 1 aromatic rings. The van der Waals surface area contributed by atoms with Crippen molar-refractivity contribution in [3.05, 3.63) is 31.1 Å². The zero-order chi connectivity index (χ0) is 12.5. The fraction of sp³-hybridized carbons (Fsp3) is 0.143. The van der Waals surface area contributed by atoms with Crippen molar-refractivity contribution in [1.82, 2.24) is 4.98 Å². The summed E-state index contributed by atoms with van der Waals surface area (Å²) in [5.74, 6) is -1.80. The van der Waals surface area contributed by atoms with E-state index in [1.54, 1.807) is 0 Å². The molecule has 1 rings (SSSR count). The van der Waals surface area contributed by atoms with Crippen LogP contribution in [0.2, 0.25) is 0 Å². The Bertz CT molecular complexity index is 466. The van der Waals surface area contributed by atoms with Crippen LogP contribution >= 0.6 is 22.6 Å². The van der Waals surface area contributed by atoms with Gasteiger partial charge in [0.05, 0.1) is 4.92 Å². The number of aromatic carboxylic acids is 1. The number of pyridine rings is 1. The van der Waals surface area contributed by atoms with Crippen LogP contribution < -0.4 is 0 Å². The molecule has 0 bridgehead atoms. The molecule has 0 amide bonds. The quantitative estimate of drug-likeness (QED) is 0.516. The van der Waals surface area contributed by atoms with E-state index in [-0.39, 0.29) is 3.57 Å². The number of nitrogens with zero attached hydrogens (tertiary/aromatic N) is 2. The van der Waals surface area contributed by atoms with Crippen molar-refractivity contribution in [2.75, 3.05) is 0 Å². The monoisotopic (exact) mass is 344 g/mol. The average molecular weight is 344 g/mol. The zero-order valence-electron chi connectivity index (χ0n) is 7.35. The largest absolute Gasteiger partial charge is 0.477 e. The number of aromatic nitrogens is 1. The van der Waals surface area contributed by atoms with Crippen LogP contribution in [0.3, 0.4) is 0 Å². The number of hydrogen-bond acceptors (Lipinski definition) is 4. The molecule has 0 unspecified atom stereocenters. The number of hydrogen-bond donors (Lipinski definition) is 1. The molecule has 1 N–H and O–H groups in total. The molecule has 0 saturated heterocycles. The van der Waals surface area contributed by atoms with E-state index in [1.165, 1.54) is 22.6 Å². The Morgan fingerprint density at radius 2 is 2.19 bits per heavy atom. The summed E-state index contributed by atoms with van der Waals surface area (Å²) in [6, 6.07) is 0. The Labute approximate surface area is 101 Å². The van der Waals surface area contributed by atoms with Gasteiger partial charge in [-0.1, -0.05) is 0 Å². The Hall–Kier alpha value is -1.39. The topological polar surface area (TPSA) is 93.3 Å². The normalized spacial score (nSPS) is 10.5. The fourth-order valence-corrected chi connectivity index (χ4v) is 1.65. The maximum absolute atomic E-state index is 12.4. The summed E-state index contributed by atoms with van der Waals surface area (Å²) in [6.07, 6.45) is -2.34. The first-order chi connectivity index (χ1) is 7.36. The van der Waals surface area contributed by atoms with Crippen LogP contribution in [-0.2, 0) is 0 Å². The van der Waals surface area contributed by atoms with Crippen molar-refractivity contribution >= 4 is 34.2 Å². The highest BCUT2D eigenvalue weighted by Crippen LogP contribution is 2.31. The van der Waals surface area contributed by atoms with Gasteiger partial charge in [0, 0.05) is 6.20 Å². The van der Waals surface area contributed by atoms with Gasteiger partial charge in [0.1, 0.15) is 9.26 Å². The van der Waals surface area contributed by atoms with Crippen LogP contribution in [0.4, 0.5) is 14.5 Å². The third-order valence-corrected chi connectivity index (χ3v) is 2.43. The highest BCUT2D eigenvalue weighted by atomic mass is 127. The molecule has 0 aliphatic carbocycles. The van der Waals surface area contributed by atoms with Crippen LogP contribution in [0.5, 0.6) is 0 Å². The molecule has 0 atom stereocenters. The van der Waals surface area contributed by atoms with Gasteiger partial charge in [0.15, 0.2) is 5.56 Å². The lowest BCUT2D eigenvalue weighted by Gasteiger charge is -2.05. The van der Waals surface area contributed by atoms with Crippen molar-refractivity contribution in [3.63, 3.8) is 0 Å². The summed E-state index contributed by atoms with van der Waals surface area (Å²) in [6.45, 7) is 0. The molecule has 1 heterocycles. The van der Waals surface area contributed by atoms with Gasteiger partial charge in [-0.25, -0.2) is 13.6 Å².